The molecule has 0 radical (unpaired) electrons. The molecule has 1 amide bonds. The van der Waals surface area contributed by atoms with Crippen molar-refractivity contribution in [1.82, 2.24) is 4.72 Å². The summed E-state index contributed by atoms with van der Waals surface area (Å²) >= 11 is 0. The number of nitrogens with one attached hydrogen (secondary N) is 2. The number of sulfonamides is 1. The van der Waals surface area contributed by atoms with Crippen LogP contribution in [0.15, 0.2) is 47.4 Å². The number of hydrogen-bond acceptors (Lipinski definition) is 3. The molecule has 0 fully saturated rings. The van der Waals surface area contributed by atoms with Crippen LogP contribution in [0.4, 0.5) is 5.69 Å². The van der Waals surface area contributed by atoms with Gasteiger partial charge in [-0.1, -0.05) is 38.1 Å². The highest BCUT2D eigenvalue weighted by atomic mass is 32.2. The van der Waals surface area contributed by atoms with Gasteiger partial charge in [0, 0.05) is 16.8 Å². The van der Waals surface area contributed by atoms with Crippen LogP contribution in [-0.2, 0) is 10.0 Å². The molecule has 2 aromatic rings. The van der Waals surface area contributed by atoms with Crippen molar-refractivity contribution in [3.05, 3.63) is 59.2 Å². The SMILES string of the molecule is Cc1cccc(C(C)C)c1NC(=O)c1cccc(S(=O)(=O)NC(C)(C)C)c1. The molecule has 0 aliphatic carbocycles. The lowest BCUT2D eigenvalue weighted by Crippen LogP contribution is -2.40. The summed E-state index contributed by atoms with van der Waals surface area (Å²) in [5.74, 6) is -0.0816. The summed E-state index contributed by atoms with van der Waals surface area (Å²) in [5.41, 5.74) is 2.47. The van der Waals surface area contributed by atoms with Crippen LogP contribution in [0, 0.1) is 6.92 Å². The molecule has 6 heteroatoms. The lowest BCUT2D eigenvalue weighted by atomic mass is 9.98. The number of aryl methyl sites for hydroxylation is 1. The number of carbonyl (C=O) groups is 1. The third kappa shape index (κ3) is 5.40. The quantitative estimate of drug-likeness (QED) is 0.795. The standard InChI is InChI=1S/C21H28N2O3S/c1-14(2)18-12-7-9-15(3)19(18)22-20(24)16-10-8-11-17(13-16)27(25,26)23-21(4,5)6/h7-14,23H,1-6H3,(H,22,24). The number of hydrogen-bond donors (Lipinski definition) is 2. The highest BCUT2D eigenvalue weighted by Gasteiger charge is 2.23. The van der Waals surface area contributed by atoms with Gasteiger partial charge in [0.1, 0.15) is 0 Å². The first-order valence-electron chi connectivity index (χ1n) is 8.95. The molecule has 2 aromatic carbocycles. The molecule has 0 saturated heterocycles. The van der Waals surface area contributed by atoms with Gasteiger partial charge in [-0.3, -0.25) is 4.79 Å². The Morgan fingerprint density at radius 1 is 1.04 bits per heavy atom. The zero-order chi connectivity index (χ0) is 20.4. The molecule has 0 aliphatic rings. The van der Waals surface area contributed by atoms with Gasteiger partial charge in [0.25, 0.3) is 5.91 Å². The first-order chi connectivity index (χ1) is 12.4. The fraction of sp³-hybridized carbons (Fsp3) is 0.381. The van der Waals surface area contributed by atoms with E-state index < -0.39 is 15.6 Å². The van der Waals surface area contributed by atoms with Gasteiger partial charge in [-0.15, -0.1) is 0 Å². The first kappa shape index (κ1) is 21.1. The number of benzene rings is 2. The maximum atomic E-state index is 12.8. The minimum Gasteiger partial charge on any atom is -0.321 e. The van der Waals surface area contributed by atoms with E-state index in [0.29, 0.717) is 5.56 Å². The Kier molecular flexibility index (Phi) is 6.12. The normalized spacial score (nSPS) is 12.3. The van der Waals surface area contributed by atoms with E-state index in [2.05, 4.69) is 23.9 Å². The van der Waals surface area contributed by atoms with Crippen LogP contribution in [0.5, 0.6) is 0 Å². The number of rotatable bonds is 5. The van der Waals surface area contributed by atoms with Gasteiger partial charge >= 0.3 is 0 Å². The summed E-state index contributed by atoms with van der Waals surface area (Å²) in [7, 11) is -3.71. The van der Waals surface area contributed by atoms with Gasteiger partial charge < -0.3 is 5.32 Å². The zero-order valence-electron chi connectivity index (χ0n) is 16.8. The molecule has 5 nitrogen and oxygen atoms in total. The molecular weight excluding hydrogens is 360 g/mol. The van der Waals surface area contributed by atoms with Crippen LogP contribution in [0.1, 0.15) is 62.0 Å². The Bertz CT molecular complexity index is 942. The number of carbonyl (C=O) groups excluding carboxylic acids is 1. The van der Waals surface area contributed by atoms with Crippen LogP contribution in [0.3, 0.4) is 0 Å². The fourth-order valence-corrected chi connectivity index (χ4v) is 4.26. The van der Waals surface area contributed by atoms with Gasteiger partial charge in [0.15, 0.2) is 0 Å². The number of para-hydroxylation sites is 1. The van der Waals surface area contributed by atoms with E-state index in [-0.39, 0.29) is 16.7 Å². The third-order valence-electron chi connectivity index (χ3n) is 4.01. The maximum Gasteiger partial charge on any atom is 0.255 e. The lowest BCUT2D eigenvalue weighted by molar-refractivity contribution is 0.102. The minimum atomic E-state index is -3.71. The highest BCUT2D eigenvalue weighted by molar-refractivity contribution is 7.89. The van der Waals surface area contributed by atoms with Crippen LogP contribution in [0.25, 0.3) is 0 Å². The van der Waals surface area contributed by atoms with Crippen molar-refractivity contribution in [3.8, 4) is 0 Å². The van der Waals surface area contributed by atoms with E-state index in [1.54, 1.807) is 32.9 Å². The molecule has 0 heterocycles. The van der Waals surface area contributed by atoms with Crippen LogP contribution < -0.4 is 10.0 Å². The average Bonchev–Trinajstić information content (AvgIpc) is 2.54. The van der Waals surface area contributed by atoms with Crippen molar-refractivity contribution in [1.29, 1.82) is 0 Å². The fourth-order valence-electron chi connectivity index (χ4n) is 2.79. The Morgan fingerprint density at radius 3 is 2.26 bits per heavy atom. The predicted octanol–water partition coefficient (Wildman–Crippen LogP) is 4.45. The van der Waals surface area contributed by atoms with Crippen molar-refractivity contribution in [2.75, 3.05) is 5.32 Å². The van der Waals surface area contributed by atoms with E-state index in [1.165, 1.54) is 12.1 Å². The van der Waals surface area contributed by atoms with Crippen molar-refractivity contribution < 1.29 is 13.2 Å². The van der Waals surface area contributed by atoms with Crippen LogP contribution in [-0.4, -0.2) is 19.9 Å². The van der Waals surface area contributed by atoms with E-state index >= 15 is 0 Å². The molecule has 2 N–H and O–H groups in total. The third-order valence-corrected chi connectivity index (χ3v) is 5.77. The van der Waals surface area contributed by atoms with Crippen LogP contribution >= 0.6 is 0 Å². The summed E-state index contributed by atoms with van der Waals surface area (Å²) in [6.45, 7) is 11.4. The Labute approximate surface area is 162 Å². The van der Waals surface area contributed by atoms with Crippen LogP contribution in [0.2, 0.25) is 0 Å². The number of amides is 1. The molecule has 0 atom stereocenters. The molecule has 0 saturated carbocycles. The highest BCUT2D eigenvalue weighted by Crippen LogP contribution is 2.28. The van der Waals surface area contributed by atoms with Gasteiger partial charge in [-0.05, 0) is 62.9 Å². The molecule has 0 aliphatic heterocycles. The average molecular weight is 389 g/mol. The second-order valence-electron chi connectivity index (χ2n) is 8.03. The summed E-state index contributed by atoms with van der Waals surface area (Å²) in [4.78, 5) is 12.8. The minimum absolute atomic E-state index is 0.0685. The molecule has 2 rings (SSSR count). The molecule has 0 spiro atoms. The summed E-state index contributed by atoms with van der Waals surface area (Å²) in [6.07, 6.45) is 0. The zero-order valence-corrected chi connectivity index (χ0v) is 17.6. The van der Waals surface area contributed by atoms with Crippen molar-refractivity contribution in [2.24, 2.45) is 0 Å². The molecule has 0 aromatic heterocycles. The van der Waals surface area contributed by atoms with Gasteiger partial charge in [-0.25, -0.2) is 13.1 Å². The smallest absolute Gasteiger partial charge is 0.255 e. The second-order valence-corrected chi connectivity index (χ2v) is 9.71. The van der Waals surface area contributed by atoms with E-state index in [0.717, 1.165) is 16.8 Å². The van der Waals surface area contributed by atoms with E-state index in [4.69, 9.17) is 0 Å². The Balaban J connectivity index is 2.35. The summed E-state index contributed by atoms with van der Waals surface area (Å²) in [5, 5.41) is 2.95. The number of anilines is 1. The van der Waals surface area contributed by atoms with E-state index in [1.807, 2.05) is 25.1 Å². The second kappa shape index (κ2) is 7.82. The maximum absolute atomic E-state index is 12.8. The van der Waals surface area contributed by atoms with E-state index in [9.17, 15) is 13.2 Å². The summed E-state index contributed by atoms with van der Waals surface area (Å²) < 4.78 is 27.7. The molecule has 0 unspecified atom stereocenters. The summed E-state index contributed by atoms with van der Waals surface area (Å²) in [6, 6.07) is 12.0. The molecular formula is C21H28N2O3S. The Hall–Kier alpha value is -2.18. The van der Waals surface area contributed by atoms with Crippen molar-refractivity contribution in [2.45, 2.75) is 57.9 Å². The topological polar surface area (TPSA) is 75.3 Å². The monoisotopic (exact) mass is 388 g/mol. The van der Waals surface area contributed by atoms with Crippen molar-refractivity contribution >= 4 is 21.6 Å². The molecule has 146 valence electrons. The predicted molar refractivity (Wildman–Crippen MR) is 110 cm³/mol. The molecule has 0 bridgehead atoms. The largest absolute Gasteiger partial charge is 0.321 e. The first-order valence-corrected chi connectivity index (χ1v) is 10.4. The lowest BCUT2D eigenvalue weighted by Gasteiger charge is -2.20. The van der Waals surface area contributed by atoms with Gasteiger partial charge in [0.2, 0.25) is 10.0 Å². The molecule has 27 heavy (non-hydrogen) atoms. The van der Waals surface area contributed by atoms with Gasteiger partial charge in [-0.2, -0.15) is 0 Å². The van der Waals surface area contributed by atoms with Crippen molar-refractivity contribution in [3.63, 3.8) is 0 Å². The van der Waals surface area contributed by atoms with Gasteiger partial charge in [0.05, 0.1) is 4.90 Å². The Morgan fingerprint density at radius 2 is 1.67 bits per heavy atom.